The lowest BCUT2D eigenvalue weighted by molar-refractivity contribution is 0.0754. The van der Waals surface area contributed by atoms with E-state index < -0.39 is 0 Å². The predicted octanol–water partition coefficient (Wildman–Crippen LogP) is 3.15. The van der Waals surface area contributed by atoms with Crippen LogP contribution in [0.5, 0.6) is 0 Å². The summed E-state index contributed by atoms with van der Waals surface area (Å²) in [6.45, 7) is 3.67. The zero-order valence-electron chi connectivity index (χ0n) is 15.3. The summed E-state index contributed by atoms with van der Waals surface area (Å²) in [5.41, 5.74) is 3.11. The number of fused-ring (bicyclic) bond motifs is 4. The third kappa shape index (κ3) is 2.48. The van der Waals surface area contributed by atoms with Crippen LogP contribution < -0.4 is 0 Å². The summed E-state index contributed by atoms with van der Waals surface area (Å²) in [5, 5.41) is 8.82. The second kappa shape index (κ2) is 6.27. The molecule has 1 aliphatic heterocycles. The lowest BCUT2D eigenvalue weighted by atomic mass is 10.00. The Labute approximate surface area is 166 Å². The molecule has 0 unspecified atom stereocenters. The van der Waals surface area contributed by atoms with Gasteiger partial charge in [-0.2, -0.15) is 0 Å². The second-order valence-corrected chi connectivity index (χ2v) is 7.54. The van der Waals surface area contributed by atoms with Gasteiger partial charge in [0.15, 0.2) is 5.78 Å². The van der Waals surface area contributed by atoms with Crippen LogP contribution in [0.2, 0.25) is 5.02 Å². The van der Waals surface area contributed by atoms with Crippen LogP contribution in [-0.2, 0) is 13.0 Å². The molecule has 7 heteroatoms. The van der Waals surface area contributed by atoms with Crippen molar-refractivity contribution in [1.82, 2.24) is 19.7 Å². The summed E-state index contributed by atoms with van der Waals surface area (Å²) in [4.78, 5) is 28.2. The molecule has 6 nitrogen and oxygen atoms in total. The molecule has 0 radical (unpaired) electrons. The van der Waals surface area contributed by atoms with Gasteiger partial charge < -0.3 is 9.47 Å². The predicted molar refractivity (Wildman–Crippen MR) is 105 cm³/mol. The Hall–Kier alpha value is -2.99. The number of nitrogens with zero attached hydrogens (tertiary/aromatic N) is 4. The quantitative estimate of drug-likeness (QED) is 0.499. The van der Waals surface area contributed by atoms with Gasteiger partial charge in [0.2, 0.25) is 0 Å². The van der Waals surface area contributed by atoms with E-state index in [9.17, 15) is 9.59 Å². The maximum Gasteiger partial charge on any atom is 0.254 e. The molecule has 0 saturated carbocycles. The first-order valence-electron chi connectivity index (χ1n) is 9.20. The molecular weight excluding hydrogens is 376 g/mol. The lowest BCUT2D eigenvalue weighted by Crippen LogP contribution is -2.34. The van der Waals surface area contributed by atoms with E-state index in [-0.39, 0.29) is 11.7 Å². The van der Waals surface area contributed by atoms with Crippen molar-refractivity contribution in [3.8, 4) is 11.1 Å². The molecule has 2 heterocycles. The van der Waals surface area contributed by atoms with Gasteiger partial charge in [-0.1, -0.05) is 29.8 Å². The Kier molecular flexibility index (Phi) is 3.84. The van der Waals surface area contributed by atoms with E-state index in [1.807, 2.05) is 29.7 Å². The van der Waals surface area contributed by atoms with Crippen molar-refractivity contribution >= 4 is 23.3 Å². The first-order valence-corrected chi connectivity index (χ1v) is 9.58. The van der Waals surface area contributed by atoms with Crippen molar-refractivity contribution in [3.05, 3.63) is 69.8 Å². The summed E-state index contributed by atoms with van der Waals surface area (Å²) in [5.74, 6) is 1.48. The largest absolute Gasteiger partial charge is 0.336 e. The normalized spacial score (nSPS) is 15.1. The van der Waals surface area contributed by atoms with Gasteiger partial charge in [0.1, 0.15) is 11.6 Å². The van der Waals surface area contributed by atoms with Gasteiger partial charge in [-0.25, -0.2) is 0 Å². The van der Waals surface area contributed by atoms with Crippen LogP contribution in [0.15, 0.2) is 36.4 Å². The molecule has 0 atom stereocenters. The number of halogens is 1. The molecule has 0 fully saturated rings. The summed E-state index contributed by atoms with van der Waals surface area (Å²) in [6, 6.07) is 10.7. The highest BCUT2D eigenvalue weighted by Crippen LogP contribution is 2.39. The summed E-state index contributed by atoms with van der Waals surface area (Å²) >= 11 is 6.08. The van der Waals surface area contributed by atoms with Crippen LogP contribution in [0.4, 0.5) is 0 Å². The topological polar surface area (TPSA) is 68.1 Å². The Morgan fingerprint density at radius 1 is 1.04 bits per heavy atom. The zero-order chi connectivity index (χ0) is 19.4. The maximum atomic E-state index is 13.3. The number of benzene rings is 2. The number of rotatable bonds is 1. The molecule has 1 aromatic heterocycles. The third-order valence-corrected chi connectivity index (χ3v) is 5.77. The fraction of sp³-hybridized carbons (Fsp3) is 0.238. The highest BCUT2D eigenvalue weighted by atomic mass is 35.5. The minimum absolute atomic E-state index is 0.125. The highest BCUT2D eigenvalue weighted by molar-refractivity contribution is 6.32. The molecule has 5 rings (SSSR count). The zero-order valence-corrected chi connectivity index (χ0v) is 16.0. The van der Waals surface area contributed by atoms with Crippen LogP contribution in [-0.4, -0.2) is 44.4 Å². The number of carbonyl (C=O) groups excluding carboxylic acids is 2. The van der Waals surface area contributed by atoms with Crippen molar-refractivity contribution in [3.63, 3.8) is 0 Å². The lowest BCUT2D eigenvalue weighted by Gasteiger charge is -2.21. The highest BCUT2D eigenvalue weighted by Gasteiger charge is 2.33. The number of hydrogen-bond donors (Lipinski definition) is 0. The number of carbonyl (C=O) groups is 2. The third-order valence-electron chi connectivity index (χ3n) is 5.54. The number of hydrogen-bond acceptors (Lipinski definition) is 4. The second-order valence-electron chi connectivity index (χ2n) is 7.10. The van der Waals surface area contributed by atoms with E-state index in [1.165, 1.54) is 0 Å². The standard InChI is InChI=1S/C21H17ClN4O2/c1-12-23-24-18-7-8-25(9-10-26(12)18)21(28)16-4-2-3-15-14-6-5-13(22)11-17(14)20(27)19(15)16/h2-6,11H,7-10H2,1H3. The molecule has 1 amide bonds. The number of aromatic nitrogens is 3. The Balaban J connectivity index is 1.50. The van der Waals surface area contributed by atoms with Gasteiger partial charge in [0.05, 0.1) is 5.56 Å². The van der Waals surface area contributed by atoms with Gasteiger partial charge in [0, 0.05) is 42.2 Å². The molecule has 3 aromatic rings. The first kappa shape index (κ1) is 17.1. The molecule has 2 aromatic carbocycles. The van der Waals surface area contributed by atoms with Crippen LogP contribution in [0.25, 0.3) is 11.1 Å². The van der Waals surface area contributed by atoms with Crippen LogP contribution in [0.1, 0.15) is 37.9 Å². The smallest absolute Gasteiger partial charge is 0.254 e. The SMILES string of the molecule is Cc1nnc2n1CCN(C(=O)c1cccc3c1C(=O)c1cc(Cl)ccc1-3)CC2. The minimum atomic E-state index is -0.140. The Morgan fingerprint density at radius 3 is 2.75 bits per heavy atom. The van der Waals surface area contributed by atoms with E-state index in [0.29, 0.717) is 47.8 Å². The monoisotopic (exact) mass is 392 g/mol. The Morgan fingerprint density at radius 2 is 1.89 bits per heavy atom. The summed E-state index contributed by atoms with van der Waals surface area (Å²) in [6.07, 6.45) is 0.644. The van der Waals surface area contributed by atoms with Crippen LogP contribution >= 0.6 is 11.6 Å². The van der Waals surface area contributed by atoms with Gasteiger partial charge in [0.25, 0.3) is 5.91 Å². The molecule has 0 saturated heterocycles. The molecule has 140 valence electrons. The molecule has 0 spiro atoms. The minimum Gasteiger partial charge on any atom is -0.336 e. The molecule has 0 bridgehead atoms. The summed E-state index contributed by atoms with van der Waals surface area (Å²) < 4.78 is 2.05. The average molecular weight is 393 g/mol. The average Bonchev–Trinajstić information content (AvgIpc) is 3.09. The summed E-state index contributed by atoms with van der Waals surface area (Å²) in [7, 11) is 0. The van der Waals surface area contributed by atoms with Crippen molar-refractivity contribution < 1.29 is 9.59 Å². The van der Waals surface area contributed by atoms with E-state index in [1.54, 1.807) is 23.1 Å². The van der Waals surface area contributed by atoms with Crippen LogP contribution in [0, 0.1) is 6.92 Å². The van der Waals surface area contributed by atoms with Crippen molar-refractivity contribution in [2.75, 3.05) is 13.1 Å². The van der Waals surface area contributed by atoms with E-state index in [4.69, 9.17) is 11.6 Å². The van der Waals surface area contributed by atoms with E-state index in [2.05, 4.69) is 10.2 Å². The molecule has 0 N–H and O–H groups in total. The number of amides is 1. The fourth-order valence-electron chi connectivity index (χ4n) is 4.12. The molecule has 2 aliphatic rings. The number of ketones is 1. The van der Waals surface area contributed by atoms with E-state index in [0.717, 1.165) is 22.8 Å². The van der Waals surface area contributed by atoms with Gasteiger partial charge in [-0.05, 0) is 36.2 Å². The molecular formula is C21H17ClN4O2. The first-order chi connectivity index (χ1) is 13.5. The van der Waals surface area contributed by atoms with Crippen molar-refractivity contribution in [1.29, 1.82) is 0 Å². The Bertz CT molecular complexity index is 1150. The molecule has 1 aliphatic carbocycles. The van der Waals surface area contributed by atoms with Gasteiger partial charge in [-0.3, -0.25) is 9.59 Å². The van der Waals surface area contributed by atoms with Crippen LogP contribution in [0.3, 0.4) is 0 Å². The van der Waals surface area contributed by atoms with Crippen molar-refractivity contribution in [2.24, 2.45) is 0 Å². The molecule has 28 heavy (non-hydrogen) atoms. The fourth-order valence-corrected chi connectivity index (χ4v) is 4.29. The van der Waals surface area contributed by atoms with Gasteiger partial charge in [-0.15, -0.1) is 10.2 Å². The number of aryl methyl sites for hydroxylation is 1. The van der Waals surface area contributed by atoms with E-state index >= 15 is 0 Å². The van der Waals surface area contributed by atoms with Gasteiger partial charge >= 0.3 is 0 Å². The maximum absolute atomic E-state index is 13.3. The van der Waals surface area contributed by atoms with Crippen molar-refractivity contribution in [2.45, 2.75) is 19.9 Å².